The van der Waals surface area contributed by atoms with Crippen molar-refractivity contribution in [2.24, 2.45) is 0 Å². The lowest BCUT2D eigenvalue weighted by Crippen LogP contribution is -2.46. The predicted molar refractivity (Wildman–Crippen MR) is 141 cm³/mol. The molecule has 0 spiro atoms. The summed E-state index contributed by atoms with van der Waals surface area (Å²) in [5.74, 6) is 0.157. The fourth-order valence-corrected chi connectivity index (χ4v) is 4.53. The summed E-state index contributed by atoms with van der Waals surface area (Å²) in [6, 6.07) is 18.8. The van der Waals surface area contributed by atoms with Gasteiger partial charge in [0.05, 0.1) is 26.3 Å². The summed E-state index contributed by atoms with van der Waals surface area (Å²) in [5.41, 5.74) is 2.89. The van der Waals surface area contributed by atoms with Crippen LogP contribution in [0.4, 0.5) is 5.69 Å². The first kappa shape index (κ1) is 25.4. The molecule has 1 fully saturated rings. The third-order valence-corrected chi connectivity index (χ3v) is 6.76. The number of carbonyl (C=O) groups is 3. The number of aryl methyl sites for hydroxylation is 1. The van der Waals surface area contributed by atoms with Crippen molar-refractivity contribution in [2.75, 3.05) is 25.7 Å². The fraction of sp³-hybridized carbons (Fsp3) is 0.250. The van der Waals surface area contributed by atoms with Crippen molar-refractivity contribution >= 4 is 39.3 Å². The van der Waals surface area contributed by atoms with Crippen molar-refractivity contribution in [3.05, 3.63) is 87.9 Å². The quantitative estimate of drug-likeness (QED) is 0.377. The van der Waals surface area contributed by atoms with Gasteiger partial charge in [-0.2, -0.15) is 0 Å². The van der Waals surface area contributed by atoms with Crippen LogP contribution in [0.15, 0.2) is 71.2 Å². The number of anilines is 1. The highest BCUT2D eigenvalue weighted by Gasteiger charge is 2.44. The molecule has 0 aromatic heterocycles. The van der Waals surface area contributed by atoms with Crippen LogP contribution >= 0.6 is 15.9 Å². The van der Waals surface area contributed by atoms with Gasteiger partial charge in [0.2, 0.25) is 5.91 Å². The number of imide groups is 1. The molecule has 8 heteroatoms. The van der Waals surface area contributed by atoms with Crippen LogP contribution in [-0.4, -0.2) is 49.4 Å². The van der Waals surface area contributed by atoms with Crippen LogP contribution < -0.4 is 14.4 Å². The third-order valence-electron chi connectivity index (χ3n) is 6.23. The minimum atomic E-state index is -0.893. The summed E-state index contributed by atoms with van der Waals surface area (Å²) in [6.45, 7) is 2.19. The lowest BCUT2D eigenvalue weighted by Gasteiger charge is -2.28. The first-order valence-corrected chi connectivity index (χ1v) is 12.3. The van der Waals surface area contributed by atoms with E-state index in [0.717, 1.165) is 15.6 Å². The minimum absolute atomic E-state index is 0.0710. The van der Waals surface area contributed by atoms with Gasteiger partial charge in [0.25, 0.3) is 11.8 Å². The number of ether oxygens (including phenoxy) is 2. The second-order valence-corrected chi connectivity index (χ2v) is 9.48. The van der Waals surface area contributed by atoms with Gasteiger partial charge in [-0.1, -0.05) is 39.7 Å². The van der Waals surface area contributed by atoms with Crippen molar-refractivity contribution in [3.63, 3.8) is 0 Å². The lowest BCUT2D eigenvalue weighted by atomic mass is 10.1. The molecule has 1 unspecified atom stereocenters. The second kappa shape index (κ2) is 11.0. The highest BCUT2D eigenvalue weighted by Crippen LogP contribution is 2.30. The largest absolute Gasteiger partial charge is 0.493 e. The van der Waals surface area contributed by atoms with Gasteiger partial charge in [-0.05, 0) is 67.4 Å². The number of hydrogen-bond acceptors (Lipinski definition) is 5. The molecule has 0 N–H and O–H groups in total. The summed E-state index contributed by atoms with van der Waals surface area (Å²) in [4.78, 5) is 42.7. The predicted octanol–water partition coefficient (Wildman–Crippen LogP) is 4.79. The number of amides is 3. The molecular formula is C28H27BrN2O5. The Bertz CT molecular complexity index is 1270. The van der Waals surface area contributed by atoms with Crippen LogP contribution in [-0.2, 0) is 16.0 Å². The number of rotatable bonds is 8. The van der Waals surface area contributed by atoms with Crippen molar-refractivity contribution < 1.29 is 23.9 Å². The number of benzene rings is 3. The lowest BCUT2D eigenvalue weighted by molar-refractivity contribution is -0.122. The van der Waals surface area contributed by atoms with E-state index in [4.69, 9.17) is 9.47 Å². The van der Waals surface area contributed by atoms with E-state index in [1.807, 2.05) is 31.2 Å². The van der Waals surface area contributed by atoms with Crippen molar-refractivity contribution in [3.8, 4) is 11.5 Å². The van der Waals surface area contributed by atoms with Gasteiger partial charge >= 0.3 is 0 Å². The molecule has 0 bridgehead atoms. The first-order valence-electron chi connectivity index (χ1n) is 11.5. The number of halogens is 1. The van der Waals surface area contributed by atoms with E-state index in [1.165, 1.54) is 9.80 Å². The molecule has 3 aromatic rings. The number of nitrogens with zero attached hydrogens (tertiary/aromatic N) is 2. The molecule has 0 radical (unpaired) electrons. The SMILES string of the molecule is COc1ccc(CCN(C(=O)c2ccc(C)cc2)C2CC(=O)N(c3ccc(Br)cc3)C2=O)cc1OC. The summed E-state index contributed by atoms with van der Waals surface area (Å²) < 4.78 is 11.6. The third kappa shape index (κ3) is 5.28. The maximum atomic E-state index is 13.6. The highest BCUT2D eigenvalue weighted by molar-refractivity contribution is 9.10. The Hall–Kier alpha value is -3.65. The van der Waals surface area contributed by atoms with E-state index >= 15 is 0 Å². The molecule has 1 saturated heterocycles. The van der Waals surface area contributed by atoms with Gasteiger partial charge in [0, 0.05) is 16.6 Å². The maximum absolute atomic E-state index is 13.6. The molecule has 3 amide bonds. The zero-order valence-corrected chi connectivity index (χ0v) is 21.9. The normalized spacial score (nSPS) is 15.2. The Labute approximate surface area is 218 Å². The maximum Gasteiger partial charge on any atom is 0.257 e. The molecule has 1 aliphatic heterocycles. The molecule has 0 saturated carbocycles. The Balaban J connectivity index is 1.63. The van der Waals surface area contributed by atoms with Gasteiger partial charge < -0.3 is 14.4 Å². The molecule has 1 aliphatic rings. The molecule has 186 valence electrons. The van der Waals surface area contributed by atoms with Crippen LogP contribution in [0.2, 0.25) is 0 Å². The number of methoxy groups -OCH3 is 2. The van der Waals surface area contributed by atoms with Crippen LogP contribution in [0.3, 0.4) is 0 Å². The average Bonchev–Trinajstić information content (AvgIpc) is 3.18. The molecule has 36 heavy (non-hydrogen) atoms. The molecular weight excluding hydrogens is 524 g/mol. The monoisotopic (exact) mass is 550 g/mol. The Kier molecular flexibility index (Phi) is 7.74. The van der Waals surface area contributed by atoms with Crippen LogP contribution in [0.5, 0.6) is 11.5 Å². The van der Waals surface area contributed by atoms with E-state index in [9.17, 15) is 14.4 Å². The molecule has 1 heterocycles. The average molecular weight is 551 g/mol. The van der Waals surface area contributed by atoms with Gasteiger partial charge in [-0.15, -0.1) is 0 Å². The number of carbonyl (C=O) groups excluding carboxylic acids is 3. The van der Waals surface area contributed by atoms with Crippen LogP contribution in [0, 0.1) is 6.92 Å². The number of hydrogen-bond donors (Lipinski definition) is 0. The zero-order valence-electron chi connectivity index (χ0n) is 20.4. The van der Waals surface area contributed by atoms with E-state index in [1.54, 1.807) is 56.7 Å². The molecule has 0 aliphatic carbocycles. The Morgan fingerprint density at radius 2 is 1.64 bits per heavy atom. The van der Waals surface area contributed by atoms with Crippen molar-refractivity contribution in [2.45, 2.75) is 25.8 Å². The van der Waals surface area contributed by atoms with Gasteiger partial charge in [0.15, 0.2) is 11.5 Å². The van der Waals surface area contributed by atoms with Crippen molar-refractivity contribution in [1.29, 1.82) is 0 Å². The van der Waals surface area contributed by atoms with Gasteiger partial charge in [-0.25, -0.2) is 4.90 Å². The smallest absolute Gasteiger partial charge is 0.257 e. The second-order valence-electron chi connectivity index (χ2n) is 8.57. The molecule has 1 atom stereocenters. The molecule has 7 nitrogen and oxygen atoms in total. The van der Waals surface area contributed by atoms with E-state index < -0.39 is 11.9 Å². The van der Waals surface area contributed by atoms with E-state index in [2.05, 4.69) is 15.9 Å². The Morgan fingerprint density at radius 3 is 2.28 bits per heavy atom. The molecule has 3 aromatic carbocycles. The van der Waals surface area contributed by atoms with Gasteiger partial charge in [0.1, 0.15) is 6.04 Å². The first-order chi connectivity index (χ1) is 17.3. The van der Waals surface area contributed by atoms with Crippen molar-refractivity contribution in [1.82, 2.24) is 4.90 Å². The molecule has 4 rings (SSSR count). The summed E-state index contributed by atoms with van der Waals surface area (Å²) in [5, 5.41) is 0. The zero-order chi connectivity index (χ0) is 25.8. The van der Waals surface area contributed by atoms with E-state index in [0.29, 0.717) is 29.2 Å². The van der Waals surface area contributed by atoms with Gasteiger partial charge in [-0.3, -0.25) is 14.4 Å². The standard InChI is InChI=1S/C28H27BrN2O5/c1-18-4-7-20(8-5-18)27(33)30(15-14-19-6-13-24(35-2)25(16-19)36-3)23-17-26(32)31(28(23)34)22-11-9-21(29)10-12-22/h4-13,16,23H,14-15,17H2,1-3H3. The minimum Gasteiger partial charge on any atom is -0.493 e. The van der Waals surface area contributed by atoms with E-state index in [-0.39, 0.29) is 24.8 Å². The highest BCUT2D eigenvalue weighted by atomic mass is 79.9. The summed E-state index contributed by atoms with van der Waals surface area (Å²) in [6.07, 6.45) is 0.395. The topological polar surface area (TPSA) is 76.2 Å². The van der Waals surface area contributed by atoms with Crippen LogP contribution in [0.1, 0.15) is 27.9 Å². The summed E-state index contributed by atoms with van der Waals surface area (Å²) in [7, 11) is 3.13. The fourth-order valence-electron chi connectivity index (χ4n) is 4.27. The summed E-state index contributed by atoms with van der Waals surface area (Å²) >= 11 is 3.37. The Morgan fingerprint density at radius 1 is 0.972 bits per heavy atom. The van der Waals surface area contributed by atoms with Crippen LogP contribution in [0.25, 0.3) is 0 Å².